The molecule has 0 atom stereocenters. The van der Waals surface area contributed by atoms with E-state index >= 15 is 0 Å². The van der Waals surface area contributed by atoms with Crippen molar-refractivity contribution in [2.75, 3.05) is 0 Å². The summed E-state index contributed by atoms with van der Waals surface area (Å²) in [4.78, 5) is 0. The molecule has 270 valence electrons. The molecule has 0 spiro atoms. The fourth-order valence-corrected chi connectivity index (χ4v) is 9.67. The third-order valence-corrected chi connectivity index (χ3v) is 12.2. The Labute approximate surface area is 332 Å². The van der Waals surface area contributed by atoms with Gasteiger partial charge in [-0.05, 0) is 108 Å². The van der Waals surface area contributed by atoms with E-state index in [1.54, 1.807) is 0 Å². The second-order valence-electron chi connectivity index (χ2n) is 15.3. The molecule has 0 amide bonds. The number of hydrogen-bond donors (Lipinski definition) is 0. The zero-order valence-electron chi connectivity index (χ0n) is 31.3. The zero-order chi connectivity index (χ0) is 37.9. The molecule has 0 aliphatic carbocycles. The molecule has 0 aliphatic heterocycles. The predicted octanol–water partition coefficient (Wildman–Crippen LogP) is 14.5. The summed E-state index contributed by atoms with van der Waals surface area (Å²) < 4.78 is 13.6. The average Bonchev–Trinajstić information content (AvgIpc) is 4.02. The first-order valence-electron chi connectivity index (χ1n) is 19.8. The Morgan fingerprint density at radius 2 is 0.603 bits per heavy atom. The van der Waals surface area contributed by atoms with Crippen LogP contribution in [0.4, 0.5) is 0 Å². The van der Waals surface area contributed by atoms with Crippen molar-refractivity contribution >= 4 is 87.4 Å². The summed E-state index contributed by atoms with van der Waals surface area (Å²) >= 11 is 0. The SMILES string of the molecule is c1ccc(-n2c3ccccc3c3cc(-c4ccc5oc6ccc(-n7c8ccccc8c8cc(-n9c%10ccccc%10c%10ccccc%109)ccc87)cc6c5c4)ccc32)cc1. The second kappa shape index (κ2) is 11.8. The van der Waals surface area contributed by atoms with E-state index in [9.17, 15) is 0 Å². The molecule has 13 rings (SSSR count). The number of aromatic nitrogens is 3. The van der Waals surface area contributed by atoms with Crippen LogP contribution in [0.5, 0.6) is 0 Å². The first kappa shape index (κ1) is 31.4. The van der Waals surface area contributed by atoms with Crippen molar-refractivity contribution in [1.29, 1.82) is 0 Å². The number of rotatable bonds is 4. The Bertz CT molecular complexity index is 3750. The van der Waals surface area contributed by atoms with Crippen molar-refractivity contribution in [2.45, 2.75) is 0 Å². The maximum atomic E-state index is 6.48. The molecule has 13 aromatic rings. The molecule has 0 N–H and O–H groups in total. The maximum absolute atomic E-state index is 6.48. The van der Waals surface area contributed by atoms with E-state index in [0.717, 1.165) is 44.6 Å². The molecule has 4 aromatic heterocycles. The summed E-state index contributed by atoms with van der Waals surface area (Å²) in [5.74, 6) is 0. The van der Waals surface area contributed by atoms with Crippen LogP contribution >= 0.6 is 0 Å². The largest absolute Gasteiger partial charge is 0.456 e. The number of fused-ring (bicyclic) bond motifs is 12. The quantitative estimate of drug-likeness (QED) is 0.177. The van der Waals surface area contributed by atoms with Gasteiger partial charge in [0.25, 0.3) is 0 Å². The lowest BCUT2D eigenvalue weighted by atomic mass is 10.0. The van der Waals surface area contributed by atoms with Gasteiger partial charge in [0, 0.05) is 60.2 Å². The highest BCUT2D eigenvalue weighted by Gasteiger charge is 2.19. The summed E-state index contributed by atoms with van der Waals surface area (Å²) in [5.41, 5.74) is 14.7. The van der Waals surface area contributed by atoms with Crippen LogP contribution in [0.3, 0.4) is 0 Å². The lowest BCUT2D eigenvalue weighted by molar-refractivity contribution is 0.669. The summed E-state index contributed by atoms with van der Waals surface area (Å²) in [7, 11) is 0. The summed E-state index contributed by atoms with van der Waals surface area (Å²) in [5, 5.41) is 9.67. The van der Waals surface area contributed by atoms with E-state index in [-0.39, 0.29) is 0 Å². The van der Waals surface area contributed by atoms with E-state index in [0.29, 0.717) is 0 Å². The van der Waals surface area contributed by atoms with Crippen LogP contribution in [-0.2, 0) is 0 Å². The van der Waals surface area contributed by atoms with Crippen LogP contribution < -0.4 is 0 Å². The van der Waals surface area contributed by atoms with Gasteiger partial charge in [0.1, 0.15) is 11.2 Å². The third-order valence-electron chi connectivity index (χ3n) is 12.2. The van der Waals surface area contributed by atoms with Gasteiger partial charge in [-0.25, -0.2) is 0 Å². The number of hydrogen-bond acceptors (Lipinski definition) is 1. The highest BCUT2D eigenvalue weighted by atomic mass is 16.3. The van der Waals surface area contributed by atoms with Crippen LogP contribution in [0.15, 0.2) is 205 Å². The van der Waals surface area contributed by atoms with Crippen molar-refractivity contribution in [2.24, 2.45) is 0 Å². The molecule has 0 bridgehead atoms. The minimum Gasteiger partial charge on any atom is -0.456 e. The summed E-state index contributed by atoms with van der Waals surface area (Å²) in [6.45, 7) is 0. The minimum atomic E-state index is 0.881. The standard InChI is InChI=1S/C54H33N3O/c1-2-12-36(13-3-1)55-49-20-10-6-16-41(49)43-30-34(22-26-51(43)55)35-23-28-53-45(31-35)46-33-38(25-29-54(46)58-53)57-50-21-11-7-17-42(50)44-32-37(24-27-52(44)57)56-47-18-8-4-14-39(47)40-15-5-9-19-48(40)56/h1-33H. The van der Waals surface area contributed by atoms with Gasteiger partial charge in [0.05, 0.1) is 33.1 Å². The van der Waals surface area contributed by atoms with E-state index in [4.69, 9.17) is 4.42 Å². The molecule has 0 unspecified atom stereocenters. The third kappa shape index (κ3) is 4.40. The molecule has 58 heavy (non-hydrogen) atoms. The van der Waals surface area contributed by atoms with Crippen molar-refractivity contribution in [3.05, 3.63) is 200 Å². The fourth-order valence-electron chi connectivity index (χ4n) is 9.67. The monoisotopic (exact) mass is 739 g/mol. The first-order chi connectivity index (χ1) is 28.8. The van der Waals surface area contributed by atoms with Crippen molar-refractivity contribution in [1.82, 2.24) is 13.7 Å². The Morgan fingerprint density at radius 3 is 1.19 bits per heavy atom. The smallest absolute Gasteiger partial charge is 0.135 e. The molecule has 0 fully saturated rings. The Hall–Kier alpha value is -7.82. The van der Waals surface area contributed by atoms with E-state index in [1.165, 1.54) is 71.0 Å². The van der Waals surface area contributed by atoms with E-state index < -0.39 is 0 Å². The molecular weight excluding hydrogens is 707 g/mol. The summed E-state index contributed by atoms with van der Waals surface area (Å²) in [6, 6.07) is 72.5. The molecule has 4 heterocycles. The first-order valence-corrected chi connectivity index (χ1v) is 19.8. The van der Waals surface area contributed by atoms with Gasteiger partial charge < -0.3 is 18.1 Å². The van der Waals surface area contributed by atoms with Crippen LogP contribution in [0.2, 0.25) is 0 Å². The van der Waals surface area contributed by atoms with Crippen LogP contribution in [0, 0.1) is 0 Å². The normalized spacial score (nSPS) is 12.1. The second-order valence-corrected chi connectivity index (χ2v) is 15.3. The summed E-state index contributed by atoms with van der Waals surface area (Å²) in [6.07, 6.45) is 0. The molecular formula is C54H33N3O. The molecule has 4 heteroatoms. The molecule has 0 saturated carbocycles. The van der Waals surface area contributed by atoms with Gasteiger partial charge in [0.15, 0.2) is 0 Å². The lowest BCUT2D eigenvalue weighted by Crippen LogP contribution is -1.95. The minimum absolute atomic E-state index is 0.881. The van der Waals surface area contributed by atoms with Gasteiger partial charge >= 0.3 is 0 Å². The molecule has 0 radical (unpaired) electrons. The van der Waals surface area contributed by atoms with Crippen molar-refractivity contribution < 1.29 is 4.42 Å². The van der Waals surface area contributed by atoms with Gasteiger partial charge in [0.2, 0.25) is 0 Å². The zero-order valence-corrected chi connectivity index (χ0v) is 31.3. The molecule has 4 nitrogen and oxygen atoms in total. The Morgan fingerprint density at radius 1 is 0.241 bits per heavy atom. The predicted molar refractivity (Wildman–Crippen MR) is 242 cm³/mol. The fraction of sp³-hybridized carbons (Fsp3) is 0. The highest BCUT2D eigenvalue weighted by Crippen LogP contribution is 2.40. The van der Waals surface area contributed by atoms with E-state index in [2.05, 4.69) is 214 Å². The van der Waals surface area contributed by atoms with Gasteiger partial charge in [-0.1, -0.05) is 103 Å². The Kier molecular flexibility index (Phi) is 6.41. The average molecular weight is 740 g/mol. The van der Waals surface area contributed by atoms with Crippen molar-refractivity contribution in [3.8, 4) is 28.2 Å². The molecule has 9 aromatic carbocycles. The van der Waals surface area contributed by atoms with Crippen molar-refractivity contribution in [3.63, 3.8) is 0 Å². The van der Waals surface area contributed by atoms with Gasteiger partial charge in [-0.3, -0.25) is 0 Å². The number of nitrogens with zero attached hydrogens (tertiary/aromatic N) is 3. The van der Waals surface area contributed by atoms with E-state index in [1.807, 2.05) is 0 Å². The molecule has 0 saturated heterocycles. The highest BCUT2D eigenvalue weighted by molar-refractivity contribution is 6.14. The van der Waals surface area contributed by atoms with Crippen LogP contribution in [-0.4, -0.2) is 13.7 Å². The lowest BCUT2D eigenvalue weighted by Gasteiger charge is -2.10. The number of benzene rings is 9. The van der Waals surface area contributed by atoms with Gasteiger partial charge in [-0.2, -0.15) is 0 Å². The Balaban J connectivity index is 0.969. The molecule has 0 aliphatic rings. The maximum Gasteiger partial charge on any atom is 0.135 e. The number of para-hydroxylation sites is 5. The topological polar surface area (TPSA) is 27.9 Å². The van der Waals surface area contributed by atoms with Gasteiger partial charge in [-0.15, -0.1) is 0 Å². The number of furan rings is 1. The van der Waals surface area contributed by atoms with Crippen LogP contribution in [0.25, 0.3) is 116 Å². The van der Waals surface area contributed by atoms with Crippen LogP contribution in [0.1, 0.15) is 0 Å².